The fourth-order valence-electron chi connectivity index (χ4n) is 3.06. The van der Waals surface area contributed by atoms with Crippen molar-refractivity contribution < 1.29 is 42.9 Å². The van der Waals surface area contributed by atoms with Crippen LogP contribution >= 0.6 is 0 Å². The average Bonchev–Trinajstić information content (AvgIpc) is 2.91. The summed E-state index contributed by atoms with van der Waals surface area (Å²) in [5.41, 5.74) is 0.973. The lowest BCUT2D eigenvalue weighted by atomic mass is 10.2. The van der Waals surface area contributed by atoms with Gasteiger partial charge in [-0.2, -0.15) is 0 Å². The molecule has 0 bridgehead atoms. The van der Waals surface area contributed by atoms with Crippen LogP contribution in [0.2, 0.25) is 0 Å². The zero-order valence-corrected chi connectivity index (χ0v) is 21.4. The van der Waals surface area contributed by atoms with E-state index in [0.717, 1.165) is 12.2 Å². The molecule has 0 aromatic heterocycles. The van der Waals surface area contributed by atoms with Crippen molar-refractivity contribution in [3.8, 4) is 17.2 Å². The molecule has 2 rings (SSSR count). The van der Waals surface area contributed by atoms with Gasteiger partial charge in [0.25, 0.3) is 0 Å². The molecule has 0 heterocycles. The highest BCUT2D eigenvalue weighted by Gasteiger charge is 2.13. The average molecular weight is 525 g/mol. The first-order valence-corrected chi connectivity index (χ1v) is 12.2. The van der Waals surface area contributed by atoms with E-state index in [1.165, 1.54) is 0 Å². The Hall–Kier alpha value is -4.40. The molecule has 0 saturated heterocycles. The van der Waals surface area contributed by atoms with E-state index in [1.807, 2.05) is 0 Å². The predicted octanol–water partition coefficient (Wildman–Crippen LogP) is 4.91. The van der Waals surface area contributed by atoms with Crippen molar-refractivity contribution in [2.45, 2.75) is 39.0 Å². The third kappa shape index (κ3) is 11.1. The van der Waals surface area contributed by atoms with Gasteiger partial charge in [0.05, 0.1) is 25.4 Å². The van der Waals surface area contributed by atoms with Crippen LogP contribution in [0.25, 0.3) is 0 Å². The van der Waals surface area contributed by atoms with Crippen molar-refractivity contribution in [1.82, 2.24) is 0 Å². The maximum Gasteiger partial charge on any atom is 0.343 e. The number of aryl methyl sites for hydroxylation is 1. The van der Waals surface area contributed by atoms with Crippen LogP contribution in [0.5, 0.6) is 17.2 Å². The molecule has 0 unspecified atom stereocenters. The van der Waals surface area contributed by atoms with Crippen LogP contribution in [0.4, 0.5) is 0 Å². The Morgan fingerprint density at radius 1 is 0.737 bits per heavy atom. The van der Waals surface area contributed by atoms with Crippen LogP contribution in [0, 0.1) is 6.92 Å². The van der Waals surface area contributed by atoms with Crippen LogP contribution in [0.1, 0.15) is 48.0 Å². The quantitative estimate of drug-likeness (QED) is 0.131. The van der Waals surface area contributed by atoms with Gasteiger partial charge in [-0.1, -0.05) is 13.2 Å². The second-order valence-corrected chi connectivity index (χ2v) is 8.07. The lowest BCUT2D eigenvalue weighted by molar-refractivity contribution is -0.138. The molecule has 0 amide bonds. The number of esters is 4. The highest BCUT2D eigenvalue weighted by Crippen LogP contribution is 2.25. The van der Waals surface area contributed by atoms with Gasteiger partial charge in [0.15, 0.2) is 0 Å². The van der Waals surface area contributed by atoms with Crippen molar-refractivity contribution in [2.24, 2.45) is 0 Å². The topological polar surface area (TPSA) is 114 Å². The summed E-state index contributed by atoms with van der Waals surface area (Å²) in [6, 6.07) is 11.3. The first-order valence-electron chi connectivity index (χ1n) is 12.2. The number of carbonyl (C=O) groups is 4. The van der Waals surface area contributed by atoms with Gasteiger partial charge in [-0.15, -0.1) is 0 Å². The number of unbranched alkanes of at least 4 members (excludes halogenated alkanes) is 2. The van der Waals surface area contributed by atoms with Crippen LogP contribution in [0.3, 0.4) is 0 Å². The van der Waals surface area contributed by atoms with Crippen molar-refractivity contribution in [1.29, 1.82) is 0 Å². The van der Waals surface area contributed by atoms with E-state index in [1.54, 1.807) is 49.4 Å². The first kappa shape index (κ1) is 29.8. The molecule has 0 atom stereocenters. The lowest BCUT2D eigenvalue weighted by Crippen LogP contribution is -2.11. The summed E-state index contributed by atoms with van der Waals surface area (Å²) in [6.45, 7) is 9.34. The first-order chi connectivity index (χ1) is 18.3. The molecule has 0 aliphatic heterocycles. The van der Waals surface area contributed by atoms with Crippen molar-refractivity contribution in [2.75, 3.05) is 19.8 Å². The van der Waals surface area contributed by atoms with Crippen molar-refractivity contribution >= 4 is 23.9 Å². The van der Waals surface area contributed by atoms with Crippen LogP contribution < -0.4 is 14.2 Å². The summed E-state index contributed by atoms with van der Waals surface area (Å²) in [6.07, 6.45) is 4.78. The normalized spacial score (nSPS) is 10.1. The number of hydrogen-bond acceptors (Lipinski definition) is 9. The minimum Gasteiger partial charge on any atom is -0.494 e. The Labute approximate surface area is 222 Å². The summed E-state index contributed by atoms with van der Waals surface area (Å²) < 4.78 is 26.2. The second-order valence-electron chi connectivity index (χ2n) is 8.07. The molecule has 0 spiro atoms. The molecular weight excluding hydrogens is 492 g/mol. The van der Waals surface area contributed by atoms with Gasteiger partial charge >= 0.3 is 23.9 Å². The highest BCUT2D eigenvalue weighted by molar-refractivity contribution is 5.91. The minimum absolute atomic E-state index is 0.173. The van der Waals surface area contributed by atoms with Gasteiger partial charge in [0.1, 0.15) is 17.2 Å². The number of ether oxygens (including phenoxy) is 5. The monoisotopic (exact) mass is 524 g/mol. The fourth-order valence-corrected chi connectivity index (χ4v) is 3.06. The van der Waals surface area contributed by atoms with E-state index in [0.29, 0.717) is 67.3 Å². The van der Waals surface area contributed by atoms with E-state index < -0.39 is 23.9 Å². The summed E-state index contributed by atoms with van der Waals surface area (Å²) >= 11 is 0. The maximum atomic E-state index is 12.6. The minimum atomic E-state index is -0.536. The Balaban J connectivity index is 1.75. The molecule has 0 aliphatic carbocycles. The number of carbonyl (C=O) groups excluding carboxylic acids is 4. The summed E-state index contributed by atoms with van der Waals surface area (Å²) in [5, 5.41) is 0. The molecule has 0 fully saturated rings. The van der Waals surface area contributed by atoms with E-state index in [2.05, 4.69) is 13.2 Å². The van der Waals surface area contributed by atoms with Gasteiger partial charge in [-0.25, -0.2) is 14.4 Å². The predicted molar refractivity (Wildman–Crippen MR) is 139 cm³/mol. The Morgan fingerprint density at radius 3 is 1.92 bits per heavy atom. The van der Waals surface area contributed by atoms with E-state index in [-0.39, 0.29) is 13.0 Å². The molecule has 0 aliphatic rings. The highest BCUT2D eigenvalue weighted by atomic mass is 16.5. The van der Waals surface area contributed by atoms with Crippen LogP contribution in [0.15, 0.2) is 67.8 Å². The molecule has 38 heavy (non-hydrogen) atoms. The SMILES string of the molecule is C=CC(=O)OCCCCOc1ccc(C(=O)Oc2ccc(OC(=O)CCCCOC(=O)C=C)cc2C)cc1. The third-order valence-corrected chi connectivity index (χ3v) is 5.08. The smallest absolute Gasteiger partial charge is 0.343 e. The van der Waals surface area contributed by atoms with Gasteiger partial charge in [-0.3, -0.25) is 4.79 Å². The third-order valence-electron chi connectivity index (χ3n) is 5.08. The molecule has 9 nitrogen and oxygen atoms in total. The van der Waals surface area contributed by atoms with E-state index >= 15 is 0 Å². The molecule has 0 N–H and O–H groups in total. The lowest BCUT2D eigenvalue weighted by Gasteiger charge is -2.11. The van der Waals surface area contributed by atoms with Gasteiger partial charge in [0.2, 0.25) is 0 Å². The van der Waals surface area contributed by atoms with Gasteiger partial charge in [-0.05, 0) is 80.6 Å². The van der Waals surface area contributed by atoms with Gasteiger partial charge in [0, 0.05) is 18.6 Å². The van der Waals surface area contributed by atoms with Crippen LogP contribution in [-0.2, 0) is 23.9 Å². The van der Waals surface area contributed by atoms with Crippen molar-refractivity contribution in [3.63, 3.8) is 0 Å². The second kappa shape index (κ2) is 16.4. The number of hydrogen-bond donors (Lipinski definition) is 0. The number of rotatable bonds is 16. The largest absolute Gasteiger partial charge is 0.494 e. The molecule has 0 saturated carbocycles. The van der Waals surface area contributed by atoms with Crippen molar-refractivity contribution in [3.05, 3.63) is 78.9 Å². The fraction of sp³-hybridized carbons (Fsp3) is 0.310. The summed E-state index contributed by atoms with van der Waals surface area (Å²) in [4.78, 5) is 46.5. The molecule has 202 valence electrons. The molecule has 0 radical (unpaired) electrons. The van der Waals surface area contributed by atoms with Gasteiger partial charge < -0.3 is 23.7 Å². The Kier molecular flexibility index (Phi) is 12.8. The molecule has 2 aromatic carbocycles. The Morgan fingerprint density at radius 2 is 1.32 bits per heavy atom. The number of benzene rings is 2. The maximum absolute atomic E-state index is 12.6. The summed E-state index contributed by atoms with van der Waals surface area (Å²) in [7, 11) is 0. The van der Waals surface area contributed by atoms with Crippen LogP contribution in [-0.4, -0.2) is 43.7 Å². The standard InChI is InChI=1S/C29H32O9/c1-4-26(30)35-18-7-6-10-28(32)37-24-15-16-25(21(3)20-24)38-29(33)22-11-13-23(14-12-22)34-17-8-9-19-36-27(31)5-2/h4-5,11-16,20H,1-2,6-10,17-19H2,3H3. The Bertz CT molecular complexity index is 1120. The van der Waals surface area contributed by atoms with E-state index in [4.69, 9.17) is 23.7 Å². The molecule has 9 heteroatoms. The van der Waals surface area contributed by atoms with E-state index in [9.17, 15) is 19.2 Å². The molecular formula is C29H32O9. The zero-order chi connectivity index (χ0) is 27.8. The zero-order valence-electron chi connectivity index (χ0n) is 21.4. The summed E-state index contributed by atoms with van der Waals surface area (Å²) in [5.74, 6) is -0.610. The molecule has 2 aromatic rings.